The molecule has 0 aliphatic heterocycles. The van der Waals surface area contributed by atoms with Crippen LogP contribution in [0.4, 0.5) is 5.69 Å². The van der Waals surface area contributed by atoms with E-state index in [-0.39, 0.29) is 12.6 Å². The first-order valence-corrected chi connectivity index (χ1v) is 8.19. The summed E-state index contributed by atoms with van der Waals surface area (Å²) >= 11 is 0. The minimum absolute atomic E-state index is 0.250. The smallest absolute Gasteiger partial charge is 0.419 e. The number of hydrogen-bond donors (Lipinski definition) is 3. The predicted octanol–water partition coefficient (Wildman–Crippen LogP) is 1.93. The van der Waals surface area contributed by atoms with Gasteiger partial charge in [0, 0.05) is 12.3 Å². The van der Waals surface area contributed by atoms with Crippen LogP contribution in [0, 0.1) is 0 Å². The van der Waals surface area contributed by atoms with Crippen molar-refractivity contribution >= 4 is 22.6 Å². The lowest BCUT2D eigenvalue weighted by molar-refractivity contribution is 0.0527. The highest BCUT2D eigenvalue weighted by molar-refractivity contribution is 5.94. The Morgan fingerprint density at radius 3 is 2.33 bits per heavy atom. The zero-order chi connectivity index (χ0) is 20.2. The van der Waals surface area contributed by atoms with E-state index in [4.69, 9.17) is 15.6 Å². The highest BCUT2D eigenvalue weighted by Crippen LogP contribution is 2.11. The van der Waals surface area contributed by atoms with E-state index in [1.165, 1.54) is 0 Å². The maximum Gasteiger partial charge on any atom is 0.419 e. The van der Waals surface area contributed by atoms with Crippen molar-refractivity contribution in [1.29, 1.82) is 0 Å². The van der Waals surface area contributed by atoms with Crippen LogP contribution in [-0.4, -0.2) is 29.3 Å². The van der Waals surface area contributed by atoms with Gasteiger partial charge in [0.25, 0.3) is 0 Å². The normalized spacial score (nSPS) is 9.44. The summed E-state index contributed by atoms with van der Waals surface area (Å²) in [6.45, 7) is 4.06. The number of H-pyrrole nitrogens is 1. The molecule has 8 heteroatoms. The van der Waals surface area contributed by atoms with Crippen molar-refractivity contribution in [2.45, 2.75) is 13.8 Å². The minimum atomic E-state index is -0.723. The highest BCUT2D eigenvalue weighted by atomic mass is 16.5. The van der Waals surface area contributed by atoms with Gasteiger partial charge in [0.1, 0.15) is 0 Å². The first-order chi connectivity index (χ1) is 12.9. The van der Waals surface area contributed by atoms with Crippen LogP contribution in [0.15, 0.2) is 62.5 Å². The van der Waals surface area contributed by atoms with Crippen molar-refractivity contribution in [2.75, 3.05) is 18.9 Å². The second-order valence-corrected chi connectivity index (χ2v) is 4.97. The van der Waals surface area contributed by atoms with Gasteiger partial charge in [-0.3, -0.25) is 4.98 Å². The van der Waals surface area contributed by atoms with Gasteiger partial charge in [-0.2, -0.15) is 0 Å². The monoisotopic (exact) mass is 374 g/mol. The van der Waals surface area contributed by atoms with E-state index in [0.29, 0.717) is 28.8 Å². The standard InChI is InChI=1S/C9H11NO2.C8H5NO3.C2H6O/c1-2-12-9(11)7-5-3-4-6-8(7)10;10-7-5-3-1-2-4-6(5)9-8(11)12-7;1-2-3/h3-6H,2,10H2,1H3;1-4H,(H,9,11);3H,2H2,1H3. The molecule has 0 fully saturated rings. The number of esters is 1. The average Bonchev–Trinajstić information content (AvgIpc) is 2.63. The molecule has 0 saturated heterocycles. The summed E-state index contributed by atoms with van der Waals surface area (Å²) in [5.74, 6) is -1.09. The molecule has 1 aromatic heterocycles. The molecule has 0 aliphatic carbocycles. The Kier molecular flexibility index (Phi) is 9.04. The zero-order valence-corrected chi connectivity index (χ0v) is 15.1. The summed E-state index contributed by atoms with van der Waals surface area (Å²) in [5, 5.41) is 7.96. The number of hydrogen-bond acceptors (Lipinski definition) is 7. The van der Waals surface area contributed by atoms with Crippen LogP contribution < -0.4 is 17.1 Å². The minimum Gasteiger partial charge on any atom is -0.462 e. The van der Waals surface area contributed by atoms with Crippen molar-refractivity contribution in [3.8, 4) is 0 Å². The molecule has 3 rings (SSSR count). The maximum atomic E-state index is 11.2. The van der Waals surface area contributed by atoms with Gasteiger partial charge in [0.2, 0.25) is 0 Å². The van der Waals surface area contributed by atoms with Crippen LogP contribution in [0.2, 0.25) is 0 Å². The number of ether oxygens (including phenoxy) is 1. The number of nitrogens with one attached hydrogen (secondary N) is 1. The van der Waals surface area contributed by atoms with Crippen LogP contribution in [0.3, 0.4) is 0 Å². The number of fused-ring (bicyclic) bond motifs is 1. The molecule has 27 heavy (non-hydrogen) atoms. The summed E-state index contributed by atoms with van der Waals surface area (Å²) in [4.78, 5) is 35.3. The van der Waals surface area contributed by atoms with Crippen molar-refractivity contribution < 1.29 is 19.1 Å². The van der Waals surface area contributed by atoms with Crippen LogP contribution in [0.1, 0.15) is 24.2 Å². The number of nitrogen functional groups attached to an aromatic ring is 1. The number of aliphatic hydroxyl groups is 1. The molecule has 2 aromatic carbocycles. The molecule has 0 radical (unpaired) electrons. The molecule has 0 atom stereocenters. The second kappa shape index (κ2) is 11.3. The molecule has 0 spiro atoms. The van der Waals surface area contributed by atoms with Crippen molar-refractivity contribution in [3.63, 3.8) is 0 Å². The Hall–Kier alpha value is -3.39. The van der Waals surface area contributed by atoms with Gasteiger partial charge in [-0.05, 0) is 38.1 Å². The van der Waals surface area contributed by atoms with Crippen LogP contribution >= 0.6 is 0 Å². The molecule has 0 unspecified atom stereocenters. The fourth-order valence-electron chi connectivity index (χ4n) is 1.94. The van der Waals surface area contributed by atoms with Gasteiger partial charge in [0.05, 0.1) is 23.1 Å². The van der Waals surface area contributed by atoms with Gasteiger partial charge in [0.15, 0.2) is 0 Å². The third-order valence-corrected chi connectivity index (χ3v) is 3.03. The van der Waals surface area contributed by atoms with Gasteiger partial charge in [-0.1, -0.05) is 24.3 Å². The van der Waals surface area contributed by atoms with E-state index in [1.54, 1.807) is 62.4 Å². The number of carbonyl (C=O) groups is 1. The first kappa shape index (κ1) is 21.7. The number of nitrogens with two attached hydrogens (primary N) is 1. The molecule has 0 bridgehead atoms. The van der Waals surface area contributed by atoms with E-state index in [1.807, 2.05) is 0 Å². The first-order valence-electron chi connectivity index (χ1n) is 8.19. The SMILES string of the molecule is CCO.CCOC(=O)c1ccccc1N.O=c1[nH]c2ccccc2c(=O)o1. The lowest BCUT2D eigenvalue weighted by Gasteiger charge is -2.03. The Bertz CT molecular complexity index is 977. The summed E-state index contributed by atoms with van der Waals surface area (Å²) in [7, 11) is 0. The Labute approximate surface area is 155 Å². The number of benzene rings is 2. The number of carbonyl (C=O) groups excluding carboxylic acids is 1. The third kappa shape index (κ3) is 6.79. The van der Waals surface area contributed by atoms with Gasteiger partial charge < -0.3 is 20.0 Å². The number of aromatic nitrogens is 1. The zero-order valence-electron chi connectivity index (χ0n) is 15.1. The molecule has 1 heterocycles. The largest absolute Gasteiger partial charge is 0.462 e. The van der Waals surface area contributed by atoms with E-state index in [0.717, 1.165) is 0 Å². The van der Waals surface area contributed by atoms with Gasteiger partial charge in [-0.15, -0.1) is 0 Å². The molecule has 0 amide bonds. The second-order valence-electron chi connectivity index (χ2n) is 4.97. The third-order valence-electron chi connectivity index (χ3n) is 3.03. The molecule has 0 saturated carbocycles. The van der Waals surface area contributed by atoms with Crippen LogP contribution in [0.25, 0.3) is 10.9 Å². The fourth-order valence-corrected chi connectivity index (χ4v) is 1.94. The van der Waals surface area contributed by atoms with Gasteiger partial charge >= 0.3 is 17.4 Å². The predicted molar refractivity (Wildman–Crippen MR) is 103 cm³/mol. The summed E-state index contributed by atoms with van der Waals surface area (Å²) < 4.78 is 9.11. The van der Waals surface area contributed by atoms with Crippen molar-refractivity contribution in [1.82, 2.24) is 4.98 Å². The molecule has 3 aromatic rings. The van der Waals surface area contributed by atoms with E-state index in [9.17, 15) is 14.4 Å². The van der Waals surface area contributed by atoms with Crippen LogP contribution in [0.5, 0.6) is 0 Å². The molecular formula is C19H22N2O6. The Morgan fingerprint density at radius 1 is 1.11 bits per heavy atom. The van der Waals surface area contributed by atoms with Crippen molar-refractivity contribution in [2.24, 2.45) is 0 Å². The fraction of sp³-hybridized carbons (Fsp3) is 0.211. The number of rotatable bonds is 2. The number of anilines is 1. The van der Waals surface area contributed by atoms with E-state index in [2.05, 4.69) is 9.40 Å². The number of aromatic amines is 1. The molecule has 0 aliphatic rings. The molecule has 4 N–H and O–H groups in total. The molecular weight excluding hydrogens is 352 g/mol. The van der Waals surface area contributed by atoms with Gasteiger partial charge in [-0.25, -0.2) is 14.4 Å². The number of aliphatic hydroxyl groups excluding tert-OH is 1. The Balaban J connectivity index is 0.000000236. The van der Waals surface area contributed by atoms with E-state index < -0.39 is 11.4 Å². The summed E-state index contributed by atoms with van der Waals surface area (Å²) in [6, 6.07) is 13.5. The Morgan fingerprint density at radius 2 is 1.70 bits per heavy atom. The van der Waals surface area contributed by atoms with Crippen LogP contribution in [-0.2, 0) is 4.74 Å². The summed E-state index contributed by atoms with van der Waals surface area (Å²) in [5.41, 5.74) is 6.33. The summed E-state index contributed by atoms with van der Waals surface area (Å²) in [6.07, 6.45) is 0. The lowest BCUT2D eigenvalue weighted by atomic mass is 10.2. The van der Waals surface area contributed by atoms with E-state index >= 15 is 0 Å². The van der Waals surface area contributed by atoms with Crippen molar-refractivity contribution in [3.05, 3.63) is 75.1 Å². The average molecular weight is 374 g/mol. The highest BCUT2D eigenvalue weighted by Gasteiger charge is 2.08. The lowest BCUT2D eigenvalue weighted by Crippen LogP contribution is -2.13. The topological polar surface area (TPSA) is 136 Å². The molecule has 144 valence electrons. The quantitative estimate of drug-likeness (QED) is 0.460. The maximum absolute atomic E-state index is 11.2. The molecule has 8 nitrogen and oxygen atoms in total. The number of para-hydroxylation sites is 2.